The van der Waals surface area contributed by atoms with Crippen molar-refractivity contribution in [2.24, 2.45) is 0 Å². The van der Waals surface area contributed by atoms with Crippen LogP contribution in [0.25, 0.3) is 21.5 Å². The molecule has 3 rings (SSSR count). The van der Waals surface area contributed by atoms with E-state index in [0.29, 0.717) is 10.8 Å². The standard InChI is InChI=1S/C16H14O6S2/c1-23(17,18)21-15-7-8-16(22-24(2,19)20)14-10-12-6-4-3-5-11(12)9-13(14)15/h3-10H,1-2H3. The van der Waals surface area contributed by atoms with E-state index in [0.717, 1.165) is 23.3 Å². The summed E-state index contributed by atoms with van der Waals surface area (Å²) in [5.41, 5.74) is 0. The highest BCUT2D eigenvalue weighted by molar-refractivity contribution is 7.86. The van der Waals surface area contributed by atoms with Crippen molar-refractivity contribution in [3.05, 3.63) is 48.5 Å². The van der Waals surface area contributed by atoms with E-state index in [1.165, 1.54) is 12.1 Å². The fourth-order valence-electron chi connectivity index (χ4n) is 2.45. The molecule has 0 aromatic heterocycles. The van der Waals surface area contributed by atoms with Gasteiger partial charge < -0.3 is 8.37 Å². The van der Waals surface area contributed by atoms with Gasteiger partial charge in [0.25, 0.3) is 0 Å². The lowest BCUT2D eigenvalue weighted by Gasteiger charge is -2.12. The third-order valence-electron chi connectivity index (χ3n) is 3.29. The zero-order chi connectivity index (χ0) is 17.5. The van der Waals surface area contributed by atoms with Gasteiger partial charge in [-0.25, -0.2) is 0 Å². The van der Waals surface area contributed by atoms with Crippen LogP contribution in [0.1, 0.15) is 0 Å². The molecular weight excluding hydrogens is 352 g/mol. The molecule has 3 aromatic carbocycles. The molecular formula is C16H14O6S2. The first-order valence-electron chi connectivity index (χ1n) is 6.87. The Bertz CT molecular complexity index is 1060. The van der Waals surface area contributed by atoms with Crippen molar-refractivity contribution in [2.75, 3.05) is 12.5 Å². The van der Waals surface area contributed by atoms with Crippen molar-refractivity contribution in [3.63, 3.8) is 0 Å². The fourth-order valence-corrected chi connectivity index (χ4v) is 3.39. The van der Waals surface area contributed by atoms with Gasteiger partial charge in [-0.2, -0.15) is 16.8 Å². The van der Waals surface area contributed by atoms with Crippen molar-refractivity contribution >= 4 is 41.8 Å². The van der Waals surface area contributed by atoms with Crippen molar-refractivity contribution in [1.29, 1.82) is 0 Å². The molecule has 0 heterocycles. The highest BCUT2D eigenvalue weighted by atomic mass is 32.2. The van der Waals surface area contributed by atoms with Gasteiger partial charge in [0.2, 0.25) is 0 Å². The smallest absolute Gasteiger partial charge is 0.306 e. The molecule has 0 aliphatic heterocycles. The predicted molar refractivity (Wildman–Crippen MR) is 92.4 cm³/mol. The maximum absolute atomic E-state index is 11.5. The molecule has 0 aliphatic rings. The topological polar surface area (TPSA) is 86.7 Å². The average Bonchev–Trinajstić information content (AvgIpc) is 2.45. The summed E-state index contributed by atoms with van der Waals surface area (Å²) in [7, 11) is -7.46. The van der Waals surface area contributed by atoms with Crippen LogP contribution in [0.15, 0.2) is 48.5 Å². The summed E-state index contributed by atoms with van der Waals surface area (Å²) in [6.07, 6.45) is 1.89. The van der Waals surface area contributed by atoms with Crippen molar-refractivity contribution in [1.82, 2.24) is 0 Å². The quantitative estimate of drug-likeness (QED) is 0.521. The summed E-state index contributed by atoms with van der Waals surface area (Å²) < 4.78 is 55.9. The minimum Gasteiger partial charge on any atom is -0.382 e. The first-order valence-corrected chi connectivity index (χ1v) is 10.5. The lowest BCUT2D eigenvalue weighted by molar-refractivity contribution is 0.489. The van der Waals surface area contributed by atoms with Gasteiger partial charge in [0.1, 0.15) is 0 Å². The molecule has 0 radical (unpaired) electrons. The van der Waals surface area contributed by atoms with Gasteiger partial charge in [-0.3, -0.25) is 0 Å². The van der Waals surface area contributed by atoms with Crippen molar-refractivity contribution < 1.29 is 25.2 Å². The van der Waals surface area contributed by atoms with Crippen LogP contribution in [0.5, 0.6) is 11.5 Å². The molecule has 0 bridgehead atoms. The second kappa shape index (κ2) is 5.64. The number of rotatable bonds is 4. The van der Waals surface area contributed by atoms with E-state index in [1.807, 2.05) is 24.3 Å². The molecule has 126 valence electrons. The molecule has 0 aliphatic carbocycles. The van der Waals surface area contributed by atoms with E-state index in [1.54, 1.807) is 12.1 Å². The van der Waals surface area contributed by atoms with Gasteiger partial charge in [-0.15, -0.1) is 0 Å². The number of fused-ring (bicyclic) bond motifs is 2. The van der Waals surface area contributed by atoms with Crippen molar-refractivity contribution in [3.8, 4) is 11.5 Å². The predicted octanol–water partition coefficient (Wildman–Crippen LogP) is 2.67. The highest BCUT2D eigenvalue weighted by Gasteiger charge is 2.15. The van der Waals surface area contributed by atoms with Crippen molar-refractivity contribution in [2.45, 2.75) is 0 Å². The van der Waals surface area contributed by atoms with Crippen LogP contribution in [0.2, 0.25) is 0 Å². The summed E-state index contributed by atoms with van der Waals surface area (Å²) >= 11 is 0. The Kier molecular flexibility index (Phi) is 3.89. The van der Waals surface area contributed by atoms with Gasteiger partial charge in [-0.1, -0.05) is 24.3 Å². The van der Waals surface area contributed by atoms with Crippen LogP contribution in [0.3, 0.4) is 0 Å². The molecule has 3 aromatic rings. The average molecular weight is 366 g/mol. The molecule has 0 unspecified atom stereocenters. The van der Waals surface area contributed by atoms with Crippen LogP contribution in [-0.2, 0) is 20.2 Å². The molecule has 0 saturated heterocycles. The SMILES string of the molecule is CS(=O)(=O)Oc1ccc(OS(C)(=O)=O)c2cc3ccccc3cc12. The number of hydrogen-bond donors (Lipinski definition) is 0. The summed E-state index contributed by atoms with van der Waals surface area (Å²) in [6, 6.07) is 13.6. The lowest BCUT2D eigenvalue weighted by atomic mass is 10.0. The molecule has 0 fully saturated rings. The summed E-state index contributed by atoms with van der Waals surface area (Å²) in [4.78, 5) is 0. The third kappa shape index (κ3) is 3.60. The molecule has 24 heavy (non-hydrogen) atoms. The molecule has 8 heteroatoms. The molecule has 0 N–H and O–H groups in total. The second-order valence-electron chi connectivity index (χ2n) is 5.38. The van der Waals surface area contributed by atoms with Crippen LogP contribution < -0.4 is 8.37 Å². The maximum atomic E-state index is 11.5. The Morgan fingerprint density at radius 1 is 0.667 bits per heavy atom. The largest absolute Gasteiger partial charge is 0.382 e. The van der Waals surface area contributed by atoms with Crippen LogP contribution in [0.4, 0.5) is 0 Å². The monoisotopic (exact) mass is 366 g/mol. The Morgan fingerprint density at radius 2 is 1.04 bits per heavy atom. The second-order valence-corrected chi connectivity index (χ2v) is 8.53. The highest BCUT2D eigenvalue weighted by Crippen LogP contribution is 2.37. The van der Waals surface area contributed by atoms with Crippen LogP contribution in [-0.4, -0.2) is 29.3 Å². The minimum atomic E-state index is -3.73. The summed E-state index contributed by atoms with van der Waals surface area (Å²) in [5.74, 6) is 0.221. The number of hydrogen-bond acceptors (Lipinski definition) is 6. The normalized spacial score (nSPS) is 12.4. The van der Waals surface area contributed by atoms with Gasteiger partial charge in [0, 0.05) is 10.8 Å². The molecule has 0 spiro atoms. The minimum absolute atomic E-state index is 0.110. The summed E-state index contributed by atoms with van der Waals surface area (Å²) in [6.45, 7) is 0. The zero-order valence-electron chi connectivity index (χ0n) is 12.9. The lowest BCUT2D eigenvalue weighted by Crippen LogP contribution is -2.08. The van der Waals surface area contributed by atoms with E-state index in [9.17, 15) is 16.8 Å². The molecule has 0 amide bonds. The van der Waals surface area contributed by atoms with E-state index in [2.05, 4.69) is 0 Å². The first kappa shape index (κ1) is 16.5. The van der Waals surface area contributed by atoms with E-state index in [4.69, 9.17) is 8.37 Å². The zero-order valence-corrected chi connectivity index (χ0v) is 14.5. The van der Waals surface area contributed by atoms with E-state index < -0.39 is 20.2 Å². The summed E-state index contributed by atoms with van der Waals surface area (Å²) in [5, 5.41) is 2.61. The molecule has 0 atom stereocenters. The van der Waals surface area contributed by atoms with Crippen LogP contribution >= 0.6 is 0 Å². The van der Waals surface area contributed by atoms with Gasteiger partial charge in [0.05, 0.1) is 12.5 Å². The Hall–Kier alpha value is -2.32. The molecule has 0 saturated carbocycles. The van der Waals surface area contributed by atoms with Gasteiger partial charge >= 0.3 is 20.2 Å². The Morgan fingerprint density at radius 3 is 1.38 bits per heavy atom. The molecule has 6 nitrogen and oxygen atoms in total. The third-order valence-corrected chi connectivity index (χ3v) is 4.25. The fraction of sp³-hybridized carbons (Fsp3) is 0.125. The van der Waals surface area contributed by atoms with Gasteiger partial charge in [-0.05, 0) is 35.0 Å². The van der Waals surface area contributed by atoms with Gasteiger partial charge in [0.15, 0.2) is 11.5 Å². The maximum Gasteiger partial charge on any atom is 0.306 e. The number of benzene rings is 3. The van der Waals surface area contributed by atoms with E-state index >= 15 is 0 Å². The van der Waals surface area contributed by atoms with Crippen LogP contribution in [0, 0.1) is 0 Å². The van der Waals surface area contributed by atoms with E-state index in [-0.39, 0.29) is 11.5 Å². The first-order chi connectivity index (χ1) is 11.1. The Labute approximate surface area is 139 Å². The Balaban J connectivity index is 2.35.